The highest BCUT2D eigenvalue weighted by Gasteiger charge is 2.36. The molecule has 2 aliphatic rings. The van der Waals surface area contributed by atoms with E-state index in [1.165, 1.54) is 23.5 Å². The molecule has 258 valence electrons. The monoisotopic (exact) mass is 688 g/mol. The SMILES string of the molecule is C[C@@H]1CN([C@@H](C)CO)C(=O)c2cccc(NC(=O)Nc3cccc4ccccc34)c2O[C@H]1CN(C)S(=O)(=O)c1ccc2c(c1)OCCCO2. The Morgan fingerprint density at radius 3 is 2.47 bits per heavy atom. The van der Waals surface area contributed by atoms with Crippen molar-refractivity contribution in [1.82, 2.24) is 9.21 Å². The molecule has 3 atom stereocenters. The van der Waals surface area contributed by atoms with Crippen LogP contribution in [0.5, 0.6) is 17.2 Å². The number of hydrogen-bond donors (Lipinski definition) is 3. The molecule has 49 heavy (non-hydrogen) atoms. The van der Waals surface area contributed by atoms with Gasteiger partial charge in [0.1, 0.15) is 6.10 Å². The van der Waals surface area contributed by atoms with Gasteiger partial charge in [-0.05, 0) is 42.6 Å². The molecule has 0 saturated heterocycles. The second-order valence-corrected chi connectivity index (χ2v) is 14.4. The van der Waals surface area contributed by atoms with Crippen LogP contribution in [0.3, 0.4) is 0 Å². The Morgan fingerprint density at radius 2 is 1.67 bits per heavy atom. The Morgan fingerprint density at radius 1 is 0.980 bits per heavy atom. The van der Waals surface area contributed by atoms with Gasteiger partial charge in [-0.15, -0.1) is 0 Å². The molecule has 0 aromatic heterocycles. The molecule has 0 fully saturated rings. The van der Waals surface area contributed by atoms with Gasteiger partial charge in [0.25, 0.3) is 5.91 Å². The van der Waals surface area contributed by atoms with Crippen molar-refractivity contribution >= 4 is 44.1 Å². The van der Waals surface area contributed by atoms with Crippen LogP contribution < -0.4 is 24.8 Å². The summed E-state index contributed by atoms with van der Waals surface area (Å²) in [5.74, 6) is 0.188. The number of rotatable bonds is 8. The average Bonchev–Trinajstić information content (AvgIpc) is 3.35. The second kappa shape index (κ2) is 14.3. The number of anilines is 2. The van der Waals surface area contributed by atoms with E-state index in [4.69, 9.17) is 14.2 Å². The maximum atomic E-state index is 13.9. The van der Waals surface area contributed by atoms with Crippen LogP contribution in [0.15, 0.2) is 83.8 Å². The predicted molar refractivity (Wildman–Crippen MR) is 186 cm³/mol. The molecular formula is C36H40N4O8S. The van der Waals surface area contributed by atoms with Gasteiger partial charge in [-0.2, -0.15) is 4.31 Å². The van der Waals surface area contributed by atoms with E-state index in [-0.39, 0.29) is 53.4 Å². The Kier molecular flexibility index (Phi) is 9.95. The summed E-state index contributed by atoms with van der Waals surface area (Å²) in [7, 11) is -2.55. The van der Waals surface area contributed by atoms with Crippen molar-refractivity contribution in [2.75, 3.05) is 50.6 Å². The van der Waals surface area contributed by atoms with E-state index >= 15 is 0 Å². The summed E-state index contributed by atoms with van der Waals surface area (Å²) < 4.78 is 46.8. The van der Waals surface area contributed by atoms with Crippen LogP contribution in [-0.4, -0.2) is 86.8 Å². The number of para-hydroxylation sites is 1. The first-order chi connectivity index (χ1) is 23.6. The number of hydrogen-bond acceptors (Lipinski definition) is 8. The minimum Gasteiger partial charge on any atom is -0.490 e. The number of nitrogens with one attached hydrogen (secondary N) is 2. The molecule has 4 aromatic carbocycles. The molecule has 0 radical (unpaired) electrons. The molecule has 0 saturated carbocycles. The van der Waals surface area contributed by atoms with Gasteiger partial charge in [0.2, 0.25) is 10.0 Å². The number of carbonyl (C=O) groups excluding carboxylic acids is 2. The van der Waals surface area contributed by atoms with Gasteiger partial charge in [0.15, 0.2) is 17.2 Å². The molecule has 0 unspecified atom stereocenters. The zero-order valence-electron chi connectivity index (χ0n) is 27.6. The maximum Gasteiger partial charge on any atom is 0.323 e. The van der Waals surface area contributed by atoms with Gasteiger partial charge in [0, 0.05) is 37.4 Å². The third-order valence-electron chi connectivity index (χ3n) is 8.84. The predicted octanol–water partition coefficient (Wildman–Crippen LogP) is 5.19. The van der Waals surface area contributed by atoms with Crippen LogP contribution in [0.25, 0.3) is 10.8 Å². The summed E-state index contributed by atoms with van der Waals surface area (Å²) in [6, 6.07) is 21.5. The smallest absolute Gasteiger partial charge is 0.323 e. The van der Waals surface area contributed by atoms with Gasteiger partial charge >= 0.3 is 6.03 Å². The molecule has 3 amide bonds. The largest absolute Gasteiger partial charge is 0.490 e. The number of fused-ring (bicyclic) bond motifs is 3. The van der Waals surface area contributed by atoms with E-state index in [9.17, 15) is 23.1 Å². The third kappa shape index (κ3) is 7.14. The number of aliphatic hydroxyl groups is 1. The quantitative estimate of drug-likeness (QED) is 0.230. The van der Waals surface area contributed by atoms with Gasteiger partial charge in [-0.25, -0.2) is 13.2 Å². The number of benzene rings is 4. The third-order valence-corrected chi connectivity index (χ3v) is 10.7. The zero-order valence-corrected chi connectivity index (χ0v) is 28.4. The van der Waals surface area contributed by atoms with Crippen LogP contribution in [0.1, 0.15) is 30.6 Å². The van der Waals surface area contributed by atoms with Gasteiger partial charge in [-0.1, -0.05) is 49.4 Å². The lowest BCUT2D eigenvalue weighted by Crippen LogP contribution is -2.50. The number of likely N-dealkylation sites (N-methyl/N-ethyl adjacent to an activating group) is 1. The van der Waals surface area contributed by atoms with Crippen LogP contribution in [0, 0.1) is 5.92 Å². The topological polar surface area (TPSA) is 147 Å². The van der Waals surface area contributed by atoms with E-state index in [0.29, 0.717) is 36.8 Å². The lowest BCUT2D eigenvalue weighted by atomic mass is 9.99. The Bertz CT molecular complexity index is 1960. The summed E-state index contributed by atoms with van der Waals surface area (Å²) in [5, 5.41) is 17.6. The fraction of sp³-hybridized carbons (Fsp3) is 0.333. The number of urea groups is 1. The molecule has 4 aromatic rings. The summed E-state index contributed by atoms with van der Waals surface area (Å²) in [6.45, 7) is 4.33. The van der Waals surface area contributed by atoms with Crippen molar-refractivity contribution in [3.05, 3.63) is 84.4 Å². The van der Waals surface area contributed by atoms with E-state index in [0.717, 1.165) is 10.8 Å². The van der Waals surface area contributed by atoms with Crippen LogP contribution >= 0.6 is 0 Å². The fourth-order valence-electron chi connectivity index (χ4n) is 6.01. The molecule has 6 rings (SSSR count). The first kappa shape index (κ1) is 34.0. The molecule has 0 bridgehead atoms. The van der Waals surface area contributed by atoms with E-state index in [1.807, 2.05) is 43.3 Å². The summed E-state index contributed by atoms with van der Waals surface area (Å²) in [5.41, 5.74) is 1.00. The van der Waals surface area contributed by atoms with Crippen molar-refractivity contribution in [2.45, 2.75) is 37.3 Å². The fourth-order valence-corrected chi connectivity index (χ4v) is 7.20. The Labute approximate surface area is 285 Å². The minimum absolute atomic E-state index is 0.0383. The number of nitrogens with zero attached hydrogens (tertiary/aromatic N) is 2. The number of sulfonamides is 1. The van der Waals surface area contributed by atoms with Crippen LogP contribution in [0.4, 0.5) is 16.2 Å². The lowest BCUT2D eigenvalue weighted by Gasteiger charge is -2.38. The highest BCUT2D eigenvalue weighted by atomic mass is 32.2. The highest BCUT2D eigenvalue weighted by Crippen LogP contribution is 2.37. The number of ether oxygens (including phenoxy) is 3. The normalized spacial score (nSPS) is 18.5. The molecule has 0 aliphatic carbocycles. The Hall–Kier alpha value is -4.85. The Balaban J connectivity index is 1.30. The molecule has 13 heteroatoms. The molecule has 2 aliphatic heterocycles. The molecule has 3 N–H and O–H groups in total. The minimum atomic E-state index is -4.02. The average molecular weight is 689 g/mol. The van der Waals surface area contributed by atoms with E-state index in [1.54, 1.807) is 42.2 Å². The van der Waals surface area contributed by atoms with Gasteiger partial charge in [0.05, 0.1) is 54.2 Å². The van der Waals surface area contributed by atoms with E-state index < -0.39 is 28.2 Å². The summed E-state index contributed by atoms with van der Waals surface area (Å²) in [6.07, 6.45) is -0.0741. The number of aliphatic hydroxyl groups excluding tert-OH is 1. The highest BCUT2D eigenvalue weighted by molar-refractivity contribution is 7.89. The first-order valence-electron chi connectivity index (χ1n) is 16.2. The van der Waals surface area contributed by atoms with Gasteiger partial charge in [-0.3, -0.25) is 4.79 Å². The standard InChI is InChI=1S/C36H40N4O8S/c1-23-20-40(24(2)22-41)35(42)28-12-7-14-30(38-36(43)37-29-13-6-10-25-9-4-5-11-27(25)29)34(28)48-33(23)21-39(3)49(44,45)26-15-16-31-32(19-26)47-18-8-17-46-31/h4-7,9-16,19,23-24,33,41H,8,17-18,20-22H2,1-3H3,(H2,37,38,43)/t23-,24+,33+/m1/s1. The summed E-state index contributed by atoms with van der Waals surface area (Å²) in [4.78, 5) is 28.9. The number of amides is 3. The molecule has 12 nitrogen and oxygen atoms in total. The molecule has 2 heterocycles. The van der Waals surface area contributed by atoms with E-state index in [2.05, 4.69) is 10.6 Å². The van der Waals surface area contributed by atoms with Crippen LogP contribution in [0.2, 0.25) is 0 Å². The zero-order chi connectivity index (χ0) is 34.7. The number of carbonyl (C=O) groups is 2. The van der Waals surface area contributed by atoms with Crippen molar-refractivity contribution in [1.29, 1.82) is 0 Å². The summed E-state index contributed by atoms with van der Waals surface area (Å²) >= 11 is 0. The van der Waals surface area contributed by atoms with Crippen LogP contribution in [-0.2, 0) is 10.0 Å². The lowest BCUT2D eigenvalue weighted by molar-refractivity contribution is 0.0389. The molecule has 0 spiro atoms. The van der Waals surface area contributed by atoms with Crippen molar-refractivity contribution in [3.63, 3.8) is 0 Å². The van der Waals surface area contributed by atoms with Gasteiger partial charge < -0.3 is 34.9 Å². The van der Waals surface area contributed by atoms with Crippen molar-refractivity contribution in [2.24, 2.45) is 5.92 Å². The van der Waals surface area contributed by atoms with Crippen molar-refractivity contribution in [3.8, 4) is 17.2 Å². The molecular weight excluding hydrogens is 648 g/mol. The maximum absolute atomic E-state index is 13.9. The second-order valence-electron chi connectivity index (χ2n) is 12.4. The first-order valence-corrected chi connectivity index (χ1v) is 17.6. The van der Waals surface area contributed by atoms with Crippen molar-refractivity contribution < 1.29 is 37.3 Å².